The molecule has 2 aromatic rings. The maximum atomic E-state index is 11.6. The SMILES string of the molecule is O=C(CCC(=O)NCn1ccnc1)CCn1ccnc1. The summed E-state index contributed by atoms with van der Waals surface area (Å²) in [5, 5.41) is 2.73. The number of carbonyl (C=O) groups excluding carboxylic acids is 2. The standard InChI is InChI=1S/C13H17N5O2/c19-12(3-6-17-7-4-14-9-17)1-2-13(20)16-11-18-8-5-15-10-18/h4-5,7-10H,1-3,6,11H2,(H,16,20). The highest BCUT2D eigenvalue weighted by atomic mass is 16.2. The molecule has 2 rings (SSSR count). The summed E-state index contributed by atoms with van der Waals surface area (Å²) in [5.41, 5.74) is 0. The van der Waals surface area contributed by atoms with Gasteiger partial charge < -0.3 is 14.5 Å². The fourth-order valence-electron chi connectivity index (χ4n) is 1.70. The second-order valence-electron chi connectivity index (χ2n) is 4.42. The second-order valence-corrected chi connectivity index (χ2v) is 4.42. The zero-order valence-corrected chi connectivity index (χ0v) is 11.1. The Hall–Kier alpha value is -2.44. The van der Waals surface area contributed by atoms with Crippen LogP contribution in [-0.2, 0) is 22.8 Å². The van der Waals surface area contributed by atoms with E-state index in [-0.39, 0.29) is 24.5 Å². The largest absolute Gasteiger partial charge is 0.338 e. The topological polar surface area (TPSA) is 81.8 Å². The number of amides is 1. The number of hydrogen-bond acceptors (Lipinski definition) is 4. The third-order valence-corrected chi connectivity index (χ3v) is 2.86. The number of nitrogens with one attached hydrogen (secondary N) is 1. The lowest BCUT2D eigenvalue weighted by molar-refractivity contribution is -0.125. The van der Waals surface area contributed by atoms with E-state index >= 15 is 0 Å². The quantitative estimate of drug-likeness (QED) is 0.764. The smallest absolute Gasteiger partial charge is 0.221 e. The van der Waals surface area contributed by atoms with Gasteiger partial charge in [0.25, 0.3) is 0 Å². The number of nitrogens with zero attached hydrogens (tertiary/aromatic N) is 4. The van der Waals surface area contributed by atoms with E-state index in [9.17, 15) is 9.59 Å². The van der Waals surface area contributed by atoms with Crippen molar-refractivity contribution in [2.45, 2.75) is 32.5 Å². The molecule has 20 heavy (non-hydrogen) atoms. The van der Waals surface area contributed by atoms with Gasteiger partial charge in [0.1, 0.15) is 5.78 Å². The molecule has 1 amide bonds. The van der Waals surface area contributed by atoms with Crippen molar-refractivity contribution in [3.63, 3.8) is 0 Å². The molecule has 0 bridgehead atoms. The maximum Gasteiger partial charge on any atom is 0.221 e. The molecule has 106 valence electrons. The minimum Gasteiger partial charge on any atom is -0.338 e. The van der Waals surface area contributed by atoms with Crippen molar-refractivity contribution >= 4 is 11.7 Å². The van der Waals surface area contributed by atoms with Crippen molar-refractivity contribution in [3.05, 3.63) is 37.4 Å². The Balaban J connectivity index is 1.59. The number of aromatic nitrogens is 4. The van der Waals surface area contributed by atoms with E-state index < -0.39 is 0 Å². The summed E-state index contributed by atoms with van der Waals surface area (Å²) < 4.78 is 3.59. The van der Waals surface area contributed by atoms with Crippen molar-refractivity contribution in [3.8, 4) is 0 Å². The number of carbonyl (C=O) groups is 2. The first-order valence-corrected chi connectivity index (χ1v) is 6.44. The highest BCUT2D eigenvalue weighted by Crippen LogP contribution is 1.99. The molecule has 0 fully saturated rings. The molecule has 7 nitrogen and oxygen atoms in total. The number of rotatable bonds is 8. The number of hydrogen-bond donors (Lipinski definition) is 1. The molecular formula is C13H17N5O2. The summed E-state index contributed by atoms with van der Waals surface area (Å²) in [5.74, 6) is -0.0499. The molecule has 0 saturated carbocycles. The normalized spacial score (nSPS) is 10.4. The maximum absolute atomic E-state index is 11.6. The van der Waals surface area contributed by atoms with Gasteiger partial charge in [-0.2, -0.15) is 0 Å². The molecular weight excluding hydrogens is 258 g/mol. The third kappa shape index (κ3) is 4.68. The van der Waals surface area contributed by atoms with Gasteiger partial charge in [-0.1, -0.05) is 0 Å². The van der Waals surface area contributed by atoms with Crippen LogP contribution in [0, 0.1) is 0 Å². The lowest BCUT2D eigenvalue weighted by Crippen LogP contribution is -2.26. The van der Waals surface area contributed by atoms with Gasteiger partial charge in [-0.15, -0.1) is 0 Å². The number of Topliss-reactive ketones (excluding diaryl/α,β-unsaturated/α-hetero) is 1. The molecule has 0 atom stereocenters. The van der Waals surface area contributed by atoms with Crippen LogP contribution < -0.4 is 5.32 Å². The van der Waals surface area contributed by atoms with Gasteiger partial charge in [-0.25, -0.2) is 9.97 Å². The van der Waals surface area contributed by atoms with Gasteiger partial charge in [-0.05, 0) is 0 Å². The van der Waals surface area contributed by atoms with E-state index in [4.69, 9.17) is 0 Å². The fourth-order valence-corrected chi connectivity index (χ4v) is 1.70. The summed E-state index contributed by atoms with van der Waals surface area (Å²) >= 11 is 0. The van der Waals surface area contributed by atoms with E-state index in [0.717, 1.165) is 0 Å². The van der Waals surface area contributed by atoms with Crippen LogP contribution >= 0.6 is 0 Å². The van der Waals surface area contributed by atoms with E-state index in [1.54, 1.807) is 35.8 Å². The summed E-state index contributed by atoms with van der Waals surface area (Å²) in [7, 11) is 0. The Morgan fingerprint density at radius 2 is 1.65 bits per heavy atom. The molecule has 1 N–H and O–H groups in total. The Morgan fingerprint density at radius 3 is 2.30 bits per heavy atom. The van der Waals surface area contributed by atoms with Crippen LogP contribution in [0.25, 0.3) is 0 Å². The summed E-state index contributed by atoms with van der Waals surface area (Å²) in [6.07, 6.45) is 11.1. The average Bonchev–Trinajstić information content (AvgIpc) is 3.13. The van der Waals surface area contributed by atoms with Gasteiger partial charge in [0.05, 0.1) is 19.3 Å². The van der Waals surface area contributed by atoms with Crippen LogP contribution in [0.3, 0.4) is 0 Å². The average molecular weight is 275 g/mol. The number of aryl methyl sites for hydroxylation is 1. The fraction of sp³-hybridized carbons (Fsp3) is 0.385. The third-order valence-electron chi connectivity index (χ3n) is 2.86. The van der Waals surface area contributed by atoms with E-state index in [1.807, 2.05) is 10.8 Å². The molecule has 0 saturated heterocycles. The summed E-state index contributed by atoms with van der Waals surface area (Å²) in [4.78, 5) is 31.0. The first-order valence-electron chi connectivity index (χ1n) is 6.44. The molecule has 2 heterocycles. The van der Waals surface area contributed by atoms with Crippen LogP contribution in [-0.4, -0.2) is 30.8 Å². The second kappa shape index (κ2) is 7.22. The van der Waals surface area contributed by atoms with E-state index in [1.165, 1.54) is 0 Å². The van der Waals surface area contributed by atoms with Crippen LogP contribution in [0.4, 0.5) is 0 Å². The molecule has 0 aromatic carbocycles. The lowest BCUT2D eigenvalue weighted by Gasteiger charge is -2.05. The highest BCUT2D eigenvalue weighted by molar-refractivity contribution is 5.84. The van der Waals surface area contributed by atoms with Gasteiger partial charge >= 0.3 is 0 Å². The minimum absolute atomic E-state index is 0.0801. The molecule has 0 aliphatic heterocycles. The van der Waals surface area contributed by atoms with Crippen LogP contribution in [0.2, 0.25) is 0 Å². The van der Waals surface area contributed by atoms with Crippen LogP contribution in [0.1, 0.15) is 19.3 Å². The van der Waals surface area contributed by atoms with Gasteiger partial charge in [0, 0.05) is 50.6 Å². The number of imidazole rings is 2. The Bertz CT molecular complexity index is 483. The monoisotopic (exact) mass is 275 g/mol. The van der Waals surface area contributed by atoms with Crippen molar-refractivity contribution in [1.29, 1.82) is 0 Å². The molecule has 0 spiro atoms. The van der Waals surface area contributed by atoms with E-state index in [0.29, 0.717) is 19.6 Å². The summed E-state index contributed by atoms with van der Waals surface area (Å²) in [6, 6.07) is 0. The Kier molecular flexibility index (Phi) is 5.05. The van der Waals surface area contributed by atoms with E-state index in [2.05, 4.69) is 15.3 Å². The predicted octanol–water partition coefficient (Wildman–Crippen LogP) is 0.593. The van der Waals surface area contributed by atoms with Crippen LogP contribution in [0.5, 0.6) is 0 Å². The number of ketones is 1. The first-order chi connectivity index (χ1) is 9.74. The van der Waals surface area contributed by atoms with Gasteiger partial charge in [0.15, 0.2) is 0 Å². The molecule has 0 radical (unpaired) electrons. The van der Waals surface area contributed by atoms with Crippen LogP contribution in [0.15, 0.2) is 37.4 Å². The molecule has 2 aromatic heterocycles. The zero-order valence-electron chi connectivity index (χ0n) is 11.1. The van der Waals surface area contributed by atoms with Crippen molar-refractivity contribution < 1.29 is 9.59 Å². The van der Waals surface area contributed by atoms with Crippen molar-refractivity contribution in [2.24, 2.45) is 0 Å². The highest BCUT2D eigenvalue weighted by Gasteiger charge is 2.07. The molecule has 7 heteroatoms. The summed E-state index contributed by atoms with van der Waals surface area (Å²) in [6.45, 7) is 0.984. The first kappa shape index (κ1) is 14.0. The zero-order chi connectivity index (χ0) is 14.2. The van der Waals surface area contributed by atoms with Crippen molar-refractivity contribution in [1.82, 2.24) is 24.4 Å². The Morgan fingerprint density at radius 1 is 0.950 bits per heavy atom. The van der Waals surface area contributed by atoms with Crippen molar-refractivity contribution in [2.75, 3.05) is 0 Å². The molecule has 0 unspecified atom stereocenters. The predicted molar refractivity (Wildman–Crippen MR) is 71.5 cm³/mol. The van der Waals surface area contributed by atoms with Gasteiger partial charge in [-0.3, -0.25) is 9.59 Å². The lowest BCUT2D eigenvalue weighted by atomic mass is 10.1. The minimum atomic E-state index is -0.130. The Labute approximate surface area is 116 Å². The molecule has 0 aliphatic rings. The molecule has 0 aliphatic carbocycles. The van der Waals surface area contributed by atoms with Gasteiger partial charge in [0.2, 0.25) is 5.91 Å².